The first-order valence-electron chi connectivity index (χ1n) is 10.0. The van der Waals surface area contributed by atoms with Crippen LogP contribution in [0.1, 0.15) is 57.0 Å². The Morgan fingerprint density at radius 2 is 2.00 bits per heavy atom. The molecular weight excluding hydrogens is 326 g/mol. The van der Waals surface area contributed by atoms with Gasteiger partial charge in [0, 0.05) is 44.4 Å². The van der Waals surface area contributed by atoms with E-state index >= 15 is 0 Å². The Morgan fingerprint density at radius 1 is 1.31 bits per heavy atom. The van der Waals surface area contributed by atoms with Crippen molar-refractivity contribution in [3.63, 3.8) is 0 Å². The summed E-state index contributed by atoms with van der Waals surface area (Å²) in [4.78, 5) is 4.43. The molecule has 148 valence electrons. The molecule has 0 spiro atoms. The standard InChI is InChI=1S/C20H37N5O/c1-8-20(9-2)17(13-18(20)26-10-3)23-19(21-6)22-12-11-16-14(4)24-25(7)15(16)5/h17-18H,8-13H2,1-7H3,(H2,21,22,23). The van der Waals surface area contributed by atoms with Gasteiger partial charge < -0.3 is 15.4 Å². The van der Waals surface area contributed by atoms with Crippen LogP contribution in [0.15, 0.2) is 4.99 Å². The summed E-state index contributed by atoms with van der Waals surface area (Å²) in [5, 5.41) is 11.6. The molecule has 0 aliphatic heterocycles. The largest absolute Gasteiger partial charge is 0.378 e. The zero-order valence-electron chi connectivity index (χ0n) is 17.6. The third kappa shape index (κ3) is 3.90. The first-order valence-corrected chi connectivity index (χ1v) is 10.0. The summed E-state index contributed by atoms with van der Waals surface area (Å²) in [6, 6.07) is 0.419. The van der Waals surface area contributed by atoms with Gasteiger partial charge in [-0.1, -0.05) is 13.8 Å². The normalized spacial score (nSPS) is 22.2. The molecule has 2 N–H and O–H groups in total. The lowest BCUT2D eigenvalue weighted by molar-refractivity contribution is -0.133. The molecule has 0 aromatic carbocycles. The Morgan fingerprint density at radius 3 is 2.50 bits per heavy atom. The second kappa shape index (κ2) is 8.89. The molecule has 6 nitrogen and oxygen atoms in total. The lowest BCUT2D eigenvalue weighted by atomic mass is 9.58. The first kappa shape index (κ1) is 20.7. The van der Waals surface area contributed by atoms with Crippen LogP contribution in [0, 0.1) is 19.3 Å². The zero-order valence-corrected chi connectivity index (χ0v) is 17.6. The first-order chi connectivity index (χ1) is 12.4. The van der Waals surface area contributed by atoms with Crippen molar-refractivity contribution in [3.05, 3.63) is 17.0 Å². The van der Waals surface area contributed by atoms with Crippen LogP contribution in [0.25, 0.3) is 0 Å². The second-order valence-corrected chi connectivity index (χ2v) is 7.34. The summed E-state index contributed by atoms with van der Waals surface area (Å²) in [7, 11) is 3.84. The van der Waals surface area contributed by atoms with Crippen LogP contribution < -0.4 is 10.6 Å². The number of nitrogens with zero attached hydrogens (tertiary/aromatic N) is 3. The molecule has 2 rings (SSSR count). The lowest BCUT2D eigenvalue weighted by Crippen LogP contribution is -2.65. The van der Waals surface area contributed by atoms with Gasteiger partial charge in [-0.25, -0.2) is 0 Å². The summed E-state index contributed by atoms with van der Waals surface area (Å²) in [6.45, 7) is 12.5. The predicted octanol–water partition coefficient (Wildman–Crippen LogP) is 2.73. The monoisotopic (exact) mass is 363 g/mol. The van der Waals surface area contributed by atoms with E-state index in [4.69, 9.17) is 4.74 Å². The molecule has 0 saturated heterocycles. The molecule has 26 heavy (non-hydrogen) atoms. The zero-order chi connectivity index (χ0) is 19.3. The fourth-order valence-electron chi connectivity index (χ4n) is 4.43. The Kier molecular flexibility index (Phi) is 7.09. The van der Waals surface area contributed by atoms with Crippen LogP contribution in [-0.4, -0.2) is 48.1 Å². The van der Waals surface area contributed by atoms with Crippen LogP contribution in [0.2, 0.25) is 0 Å². The number of aromatic nitrogens is 2. The van der Waals surface area contributed by atoms with Crippen molar-refractivity contribution in [1.82, 2.24) is 20.4 Å². The van der Waals surface area contributed by atoms with Crippen LogP contribution in [-0.2, 0) is 18.2 Å². The highest BCUT2D eigenvalue weighted by atomic mass is 16.5. The fourth-order valence-corrected chi connectivity index (χ4v) is 4.43. The SMILES string of the molecule is CCOC1CC(NC(=NC)NCCc2c(C)nn(C)c2C)C1(CC)CC. The maximum Gasteiger partial charge on any atom is 0.191 e. The molecular formula is C20H37N5O. The number of hydrogen-bond donors (Lipinski definition) is 2. The highest BCUT2D eigenvalue weighted by Crippen LogP contribution is 2.48. The van der Waals surface area contributed by atoms with E-state index in [-0.39, 0.29) is 5.41 Å². The number of aryl methyl sites for hydroxylation is 2. The van der Waals surface area contributed by atoms with E-state index < -0.39 is 0 Å². The van der Waals surface area contributed by atoms with Crippen LogP contribution in [0.4, 0.5) is 0 Å². The fraction of sp³-hybridized carbons (Fsp3) is 0.800. The molecule has 0 bridgehead atoms. The van der Waals surface area contributed by atoms with Crippen molar-refractivity contribution in [2.24, 2.45) is 17.5 Å². The molecule has 1 aromatic rings. The molecule has 1 saturated carbocycles. The minimum Gasteiger partial charge on any atom is -0.378 e. The number of nitrogens with one attached hydrogen (secondary N) is 2. The van der Waals surface area contributed by atoms with E-state index in [2.05, 4.69) is 55.3 Å². The van der Waals surface area contributed by atoms with Gasteiger partial charge in [-0.05, 0) is 52.0 Å². The van der Waals surface area contributed by atoms with E-state index in [1.54, 1.807) is 0 Å². The van der Waals surface area contributed by atoms with Crippen molar-refractivity contribution in [2.45, 2.75) is 72.4 Å². The second-order valence-electron chi connectivity index (χ2n) is 7.34. The van der Waals surface area contributed by atoms with Gasteiger partial charge in [0.15, 0.2) is 5.96 Å². The third-order valence-electron chi connectivity index (χ3n) is 6.33. The van der Waals surface area contributed by atoms with E-state index in [1.165, 1.54) is 11.3 Å². The Bertz CT molecular complexity index is 618. The molecule has 1 aliphatic rings. The molecule has 1 heterocycles. The summed E-state index contributed by atoms with van der Waals surface area (Å²) in [5.41, 5.74) is 3.89. The maximum absolute atomic E-state index is 5.98. The molecule has 1 aromatic heterocycles. The Hall–Kier alpha value is -1.56. The molecule has 1 fully saturated rings. The molecule has 0 amide bonds. The number of rotatable bonds is 8. The molecule has 6 heteroatoms. The molecule has 2 atom stereocenters. The van der Waals surface area contributed by atoms with E-state index in [9.17, 15) is 0 Å². The van der Waals surface area contributed by atoms with Crippen LogP contribution >= 0.6 is 0 Å². The van der Waals surface area contributed by atoms with Gasteiger partial charge in [0.2, 0.25) is 0 Å². The summed E-state index contributed by atoms with van der Waals surface area (Å²) >= 11 is 0. The van der Waals surface area contributed by atoms with Gasteiger partial charge in [-0.15, -0.1) is 0 Å². The van der Waals surface area contributed by atoms with Gasteiger partial charge in [-0.3, -0.25) is 9.67 Å². The average molecular weight is 364 g/mol. The summed E-state index contributed by atoms with van der Waals surface area (Å²) in [6.07, 6.45) is 4.61. The van der Waals surface area contributed by atoms with Gasteiger partial charge in [0.1, 0.15) is 0 Å². The van der Waals surface area contributed by atoms with Crippen molar-refractivity contribution in [1.29, 1.82) is 0 Å². The van der Waals surface area contributed by atoms with E-state index in [0.29, 0.717) is 12.1 Å². The summed E-state index contributed by atoms with van der Waals surface area (Å²) < 4.78 is 7.93. The summed E-state index contributed by atoms with van der Waals surface area (Å²) in [5.74, 6) is 0.885. The van der Waals surface area contributed by atoms with E-state index in [0.717, 1.165) is 50.5 Å². The molecule has 0 radical (unpaired) electrons. The van der Waals surface area contributed by atoms with Gasteiger partial charge >= 0.3 is 0 Å². The van der Waals surface area contributed by atoms with Crippen molar-refractivity contribution < 1.29 is 4.74 Å². The third-order valence-corrected chi connectivity index (χ3v) is 6.33. The lowest BCUT2D eigenvalue weighted by Gasteiger charge is -2.55. The molecule has 1 aliphatic carbocycles. The maximum atomic E-state index is 5.98. The average Bonchev–Trinajstić information content (AvgIpc) is 2.86. The topological polar surface area (TPSA) is 63.5 Å². The quantitative estimate of drug-likeness (QED) is 0.551. The van der Waals surface area contributed by atoms with Gasteiger partial charge in [-0.2, -0.15) is 5.10 Å². The number of guanidine groups is 1. The van der Waals surface area contributed by atoms with Crippen LogP contribution in [0.3, 0.4) is 0 Å². The van der Waals surface area contributed by atoms with Crippen molar-refractivity contribution in [2.75, 3.05) is 20.2 Å². The minimum atomic E-state index is 0.212. The molecule has 2 unspecified atom stereocenters. The minimum absolute atomic E-state index is 0.212. The van der Waals surface area contributed by atoms with Gasteiger partial charge in [0.05, 0.1) is 11.8 Å². The van der Waals surface area contributed by atoms with E-state index in [1.807, 2.05) is 18.8 Å². The highest BCUT2D eigenvalue weighted by molar-refractivity contribution is 5.80. The number of ether oxygens (including phenoxy) is 1. The highest BCUT2D eigenvalue weighted by Gasteiger charge is 2.53. The van der Waals surface area contributed by atoms with Crippen molar-refractivity contribution in [3.8, 4) is 0 Å². The van der Waals surface area contributed by atoms with Gasteiger partial charge in [0.25, 0.3) is 0 Å². The number of aliphatic imine (C=N–C) groups is 1. The van der Waals surface area contributed by atoms with Crippen LogP contribution in [0.5, 0.6) is 0 Å². The number of hydrogen-bond acceptors (Lipinski definition) is 3. The smallest absolute Gasteiger partial charge is 0.191 e. The Labute approximate surface area is 158 Å². The van der Waals surface area contributed by atoms with Crippen molar-refractivity contribution >= 4 is 5.96 Å². The Balaban J connectivity index is 1.91. The predicted molar refractivity (Wildman–Crippen MR) is 108 cm³/mol.